The SMILES string of the molecule is COc1ccc2c(c1F)C(=O)N(C[C@@]1(c3cc4nc(N5CCN(C)CC5)c(F)cc4o3)NC(=O)NC1=O)C2. The van der Waals surface area contributed by atoms with Crippen molar-refractivity contribution < 1.29 is 32.3 Å². The fraction of sp³-hybridized carbons (Fsp3) is 0.360. The van der Waals surface area contributed by atoms with Gasteiger partial charge in [-0.2, -0.15) is 0 Å². The topological polar surface area (TPSA) is 120 Å². The van der Waals surface area contributed by atoms with Crippen molar-refractivity contribution in [2.45, 2.75) is 12.1 Å². The van der Waals surface area contributed by atoms with E-state index in [4.69, 9.17) is 9.15 Å². The first-order valence-corrected chi connectivity index (χ1v) is 12.0. The molecule has 3 aromatic rings. The second-order valence-corrected chi connectivity index (χ2v) is 9.67. The van der Waals surface area contributed by atoms with Crippen molar-refractivity contribution in [1.29, 1.82) is 0 Å². The van der Waals surface area contributed by atoms with E-state index in [0.29, 0.717) is 18.7 Å². The molecule has 0 unspecified atom stereocenters. The van der Waals surface area contributed by atoms with Gasteiger partial charge in [-0.1, -0.05) is 6.07 Å². The molecule has 11 nitrogen and oxygen atoms in total. The number of urea groups is 1. The van der Waals surface area contributed by atoms with Crippen molar-refractivity contribution in [2.24, 2.45) is 0 Å². The van der Waals surface area contributed by atoms with Crippen LogP contribution in [0.3, 0.4) is 0 Å². The Morgan fingerprint density at radius 3 is 2.58 bits per heavy atom. The van der Waals surface area contributed by atoms with E-state index >= 15 is 4.39 Å². The Balaban J connectivity index is 1.37. The lowest BCUT2D eigenvalue weighted by Gasteiger charge is -2.33. The zero-order chi connectivity index (χ0) is 26.8. The average Bonchev–Trinajstić information content (AvgIpc) is 3.53. The largest absolute Gasteiger partial charge is 0.494 e. The number of benzene rings is 1. The normalized spacial score (nSPS) is 21.7. The number of imide groups is 1. The summed E-state index contributed by atoms with van der Waals surface area (Å²) in [5.74, 6) is -2.74. The second-order valence-electron chi connectivity index (χ2n) is 9.67. The number of nitrogens with zero attached hydrogens (tertiary/aromatic N) is 4. The minimum atomic E-state index is -1.83. The number of likely N-dealkylation sites (N-methyl/N-ethyl adjacent to an activating group) is 1. The number of furan rings is 1. The molecule has 1 aromatic carbocycles. The van der Waals surface area contributed by atoms with Crippen molar-refractivity contribution in [2.75, 3.05) is 51.8 Å². The van der Waals surface area contributed by atoms with Gasteiger partial charge in [0.1, 0.15) is 11.3 Å². The molecule has 3 aliphatic rings. The zero-order valence-corrected chi connectivity index (χ0v) is 20.6. The summed E-state index contributed by atoms with van der Waals surface area (Å²) in [7, 11) is 3.28. The van der Waals surface area contributed by atoms with Crippen molar-refractivity contribution >= 4 is 34.8 Å². The van der Waals surface area contributed by atoms with Crippen molar-refractivity contribution in [3.8, 4) is 5.75 Å². The maximum absolute atomic E-state index is 15.0. The Morgan fingerprint density at radius 1 is 1.13 bits per heavy atom. The first kappa shape index (κ1) is 24.1. The van der Waals surface area contributed by atoms with Gasteiger partial charge in [0.2, 0.25) is 0 Å². The quantitative estimate of drug-likeness (QED) is 0.481. The van der Waals surface area contributed by atoms with Crippen LogP contribution >= 0.6 is 0 Å². The summed E-state index contributed by atoms with van der Waals surface area (Å²) in [6, 6.07) is 4.85. The van der Waals surface area contributed by atoms with Gasteiger partial charge >= 0.3 is 6.03 Å². The molecule has 0 aliphatic carbocycles. The molecule has 4 amide bonds. The van der Waals surface area contributed by atoms with Crippen LogP contribution in [0.1, 0.15) is 21.7 Å². The minimum Gasteiger partial charge on any atom is -0.494 e. The Labute approximate surface area is 215 Å². The molecule has 1 atom stereocenters. The van der Waals surface area contributed by atoms with E-state index in [1.165, 1.54) is 30.2 Å². The molecule has 5 heterocycles. The van der Waals surface area contributed by atoms with E-state index in [2.05, 4.69) is 20.5 Å². The molecule has 3 aliphatic heterocycles. The number of carbonyl (C=O) groups is 3. The maximum Gasteiger partial charge on any atom is 0.322 e. The van der Waals surface area contributed by atoms with E-state index in [-0.39, 0.29) is 47.1 Å². The number of piperazine rings is 1. The first-order valence-electron chi connectivity index (χ1n) is 12.0. The molecule has 2 saturated heterocycles. The van der Waals surface area contributed by atoms with Gasteiger partial charge < -0.3 is 29.2 Å². The number of ether oxygens (including phenoxy) is 1. The average molecular weight is 527 g/mol. The second kappa shape index (κ2) is 8.65. The van der Waals surface area contributed by atoms with Crippen LogP contribution in [0.15, 0.2) is 28.7 Å². The van der Waals surface area contributed by atoms with Gasteiger partial charge in [-0.15, -0.1) is 0 Å². The number of pyridine rings is 1. The predicted molar refractivity (Wildman–Crippen MR) is 130 cm³/mol. The third-order valence-corrected chi connectivity index (χ3v) is 7.31. The van der Waals surface area contributed by atoms with Gasteiger partial charge in [-0.25, -0.2) is 18.6 Å². The van der Waals surface area contributed by atoms with Gasteiger partial charge in [0.05, 0.1) is 19.2 Å². The van der Waals surface area contributed by atoms with Crippen LogP contribution in [0, 0.1) is 11.6 Å². The highest BCUT2D eigenvalue weighted by molar-refractivity contribution is 6.08. The summed E-state index contributed by atoms with van der Waals surface area (Å²) >= 11 is 0. The first-order chi connectivity index (χ1) is 18.2. The summed E-state index contributed by atoms with van der Waals surface area (Å²) in [4.78, 5) is 48.2. The molecule has 0 bridgehead atoms. The molecular weight excluding hydrogens is 502 g/mol. The number of aromatic nitrogens is 1. The lowest BCUT2D eigenvalue weighted by molar-refractivity contribution is -0.125. The van der Waals surface area contributed by atoms with Crippen LogP contribution in [-0.2, 0) is 16.9 Å². The Bertz CT molecular complexity index is 1500. The number of rotatable bonds is 5. The number of nitrogens with one attached hydrogen (secondary N) is 2. The van der Waals surface area contributed by atoms with Gasteiger partial charge in [0.15, 0.2) is 34.3 Å². The molecule has 38 heavy (non-hydrogen) atoms. The van der Waals surface area contributed by atoms with Gasteiger partial charge in [0, 0.05) is 44.9 Å². The number of hydrogen-bond donors (Lipinski definition) is 2. The molecule has 6 rings (SSSR count). The predicted octanol–water partition coefficient (Wildman–Crippen LogP) is 1.56. The van der Waals surface area contributed by atoms with Crippen molar-refractivity contribution in [1.82, 2.24) is 25.4 Å². The molecular formula is C25H24F2N6O5. The monoisotopic (exact) mass is 526 g/mol. The molecule has 2 N–H and O–H groups in total. The summed E-state index contributed by atoms with van der Waals surface area (Å²) < 4.78 is 40.7. The summed E-state index contributed by atoms with van der Waals surface area (Å²) in [6.45, 7) is 2.35. The van der Waals surface area contributed by atoms with Crippen LogP contribution in [-0.4, -0.2) is 79.5 Å². The number of amides is 4. The number of fused-ring (bicyclic) bond motifs is 2. The van der Waals surface area contributed by atoms with Crippen LogP contribution < -0.4 is 20.3 Å². The minimum absolute atomic E-state index is 0.000637. The number of anilines is 1. The Kier molecular flexibility index (Phi) is 5.49. The lowest BCUT2D eigenvalue weighted by atomic mass is 9.95. The number of carbonyl (C=O) groups excluding carboxylic acids is 3. The van der Waals surface area contributed by atoms with Gasteiger partial charge in [-0.3, -0.25) is 14.9 Å². The zero-order valence-electron chi connectivity index (χ0n) is 20.6. The summed E-state index contributed by atoms with van der Waals surface area (Å²) in [5.41, 5.74) is -1.21. The van der Waals surface area contributed by atoms with Crippen molar-refractivity contribution in [3.63, 3.8) is 0 Å². The van der Waals surface area contributed by atoms with Crippen LogP contribution in [0.4, 0.5) is 19.4 Å². The molecule has 2 aromatic heterocycles. The van der Waals surface area contributed by atoms with E-state index in [1.807, 2.05) is 11.9 Å². The van der Waals surface area contributed by atoms with E-state index < -0.39 is 35.0 Å². The van der Waals surface area contributed by atoms with Crippen LogP contribution in [0.2, 0.25) is 0 Å². The molecule has 0 saturated carbocycles. The molecule has 0 spiro atoms. The van der Waals surface area contributed by atoms with E-state index in [9.17, 15) is 18.8 Å². The standard InChI is InChI=1S/C25H24F2N6O5/c1-31-5-7-32(8-6-31)21-14(26)9-17-15(28-21)10-18(38-17)25(23(35)29-24(36)30-25)12-33-11-13-3-4-16(37-2)20(27)19(13)22(33)34/h3-4,9-10H,5-8,11-12H2,1-2H3,(H2,29,30,35,36)/t25-/m0/s1. The van der Waals surface area contributed by atoms with Crippen LogP contribution in [0.25, 0.3) is 11.1 Å². The number of methoxy groups -OCH3 is 1. The lowest BCUT2D eigenvalue weighted by Crippen LogP contribution is -2.52. The molecule has 0 radical (unpaired) electrons. The van der Waals surface area contributed by atoms with Gasteiger partial charge in [0.25, 0.3) is 11.8 Å². The molecule has 13 heteroatoms. The maximum atomic E-state index is 15.0. The highest BCUT2D eigenvalue weighted by Gasteiger charge is 2.53. The fourth-order valence-corrected chi connectivity index (χ4v) is 5.21. The third kappa shape index (κ3) is 3.64. The molecule has 2 fully saturated rings. The van der Waals surface area contributed by atoms with Crippen LogP contribution in [0.5, 0.6) is 5.75 Å². The summed E-state index contributed by atoms with van der Waals surface area (Å²) in [5, 5.41) is 4.74. The van der Waals surface area contributed by atoms with Crippen molar-refractivity contribution in [3.05, 3.63) is 52.8 Å². The highest BCUT2D eigenvalue weighted by atomic mass is 19.1. The number of halogens is 2. The van der Waals surface area contributed by atoms with E-state index in [1.54, 1.807) is 6.07 Å². The summed E-state index contributed by atoms with van der Waals surface area (Å²) in [6.07, 6.45) is 0. The molecule has 198 valence electrons. The Hall–Kier alpha value is -4.26. The van der Waals surface area contributed by atoms with Gasteiger partial charge in [-0.05, 0) is 18.7 Å². The number of hydrogen-bond acceptors (Lipinski definition) is 8. The smallest absolute Gasteiger partial charge is 0.322 e. The fourth-order valence-electron chi connectivity index (χ4n) is 5.21. The third-order valence-electron chi connectivity index (χ3n) is 7.31. The van der Waals surface area contributed by atoms with E-state index in [0.717, 1.165) is 13.1 Å². The Morgan fingerprint density at radius 2 is 1.89 bits per heavy atom. The highest BCUT2D eigenvalue weighted by Crippen LogP contribution is 2.36.